The van der Waals surface area contributed by atoms with Gasteiger partial charge in [0.25, 0.3) is 0 Å². The van der Waals surface area contributed by atoms with Gasteiger partial charge in [0.2, 0.25) is 0 Å². The quantitative estimate of drug-likeness (QED) is 0.806. The first-order chi connectivity index (χ1) is 8.58. The second-order valence-electron chi connectivity index (χ2n) is 4.11. The molecule has 2 heterocycles. The lowest BCUT2D eigenvalue weighted by Gasteiger charge is -2.10. The molecule has 0 radical (unpaired) electrons. The molecule has 0 spiro atoms. The van der Waals surface area contributed by atoms with Crippen molar-refractivity contribution in [1.29, 1.82) is 0 Å². The summed E-state index contributed by atoms with van der Waals surface area (Å²) in [5.41, 5.74) is 0.879. The number of halogens is 1. The molecule has 0 aliphatic heterocycles. The molecular formula is C12H13ClN4S. The van der Waals surface area contributed by atoms with Gasteiger partial charge < -0.3 is 0 Å². The largest absolute Gasteiger partial charge is 0.245 e. The molecule has 0 aliphatic rings. The zero-order chi connectivity index (χ0) is 13.1. The second kappa shape index (κ2) is 5.63. The zero-order valence-electron chi connectivity index (χ0n) is 10.4. The summed E-state index contributed by atoms with van der Waals surface area (Å²) in [7, 11) is 0. The van der Waals surface area contributed by atoms with E-state index < -0.39 is 0 Å². The molecule has 2 aromatic rings. The molecule has 4 nitrogen and oxygen atoms in total. The number of hydrogen-bond donors (Lipinski definition) is 0. The van der Waals surface area contributed by atoms with Crippen molar-refractivity contribution in [2.75, 3.05) is 0 Å². The predicted molar refractivity (Wildman–Crippen MR) is 72.0 cm³/mol. The second-order valence-corrected chi connectivity index (χ2v) is 5.47. The Labute approximate surface area is 115 Å². The highest BCUT2D eigenvalue weighted by atomic mass is 35.5. The number of nitrogens with zero attached hydrogens (tertiary/aromatic N) is 4. The summed E-state index contributed by atoms with van der Waals surface area (Å²) in [6.07, 6.45) is 3.22. The van der Waals surface area contributed by atoms with Crippen LogP contribution in [0.3, 0.4) is 0 Å². The summed E-state index contributed by atoms with van der Waals surface area (Å²) >= 11 is 7.61. The SMILES string of the molecule is Cc1c(Cl)nc(C(C)C)nc1Sc1ccncn1. The van der Waals surface area contributed by atoms with Gasteiger partial charge >= 0.3 is 0 Å². The molecule has 0 atom stereocenters. The summed E-state index contributed by atoms with van der Waals surface area (Å²) in [6, 6.07) is 1.84. The summed E-state index contributed by atoms with van der Waals surface area (Å²) in [5, 5.41) is 2.19. The monoisotopic (exact) mass is 280 g/mol. The van der Waals surface area contributed by atoms with E-state index in [0.29, 0.717) is 5.15 Å². The molecule has 0 aromatic carbocycles. The van der Waals surface area contributed by atoms with Crippen LogP contribution in [-0.4, -0.2) is 19.9 Å². The third-order valence-electron chi connectivity index (χ3n) is 2.33. The molecule has 2 rings (SSSR count). The molecule has 0 aliphatic carbocycles. The lowest BCUT2D eigenvalue weighted by Crippen LogP contribution is -2.01. The van der Waals surface area contributed by atoms with E-state index in [2.05, 4.69) is 19.9 Å². The van der Waals surface area contributed by atoms with Crippen LogP contribution in [0.15, 0.2) is 28.6 Å². The predicted octanol–water partition coefficient (Wildman–Crippen LogP) is 3.50. The Morgan fingerprint density at radius 3 is 2.67 bits per heavy atom. The molecule has 18 heavy (non-hydrogen) atoms. The fourth-order valence-electron chi connectivity index (χ4n) is 1.28. The molecule has 0 saturated heterocycles. The van der Waals surface area contributed by atoms with Crippen molar-refractivity contribution in [3.8, 4) is 0 Å². The van der Waals surface area contributed by atoms with E-state index in [-0.39, 0.29) is 5.92 Å². The minimum absolute atomic E-state index is 0.243. The van der Waals surface area contributed by atoms with Crippen LogP contribution >= 0.6 is 23.4 Å². The Hall–Kier alpha value is -1.20. The van der Waals surface area contributed by atoms with E-state index in [1.807, 2.05) is 26.8 Å². The molecule has 0 N–H and O–H groups in total. The van der Waals surface area contributed by atoms with Crippen LogP contribution in [0.4, 0.5) is 0 Å². The van der Waals surface area contributed by atoms with Crippen molar-refractivity contribution in [2.45, 2.75) is 36.7 Å². The van der Waals surface area contributed by atoms with Gasteiger partial charge in [-0.25, -0.2) is 19.9 Å². The maximum atomic E-state index is 6.13. The van der Waals surface area contributed by atoms with Crippen molar-refractivity contribution in [3.05, 3.63) is 35.1 Å². The van der Waals surface area contributed by atoms with Crippen LogP contribution in [-0.2, 0) is 0 Å². The van der Waals surface area contributed by atoms with Gasteiger partial charge in [0.15, 0.2) is 0 Å². The normalized spacial score (nSPS) is 10.9. The summed E-state index contributed by atoms with van der Waals surface area (Å²) < 4.78 is 0. The molecule has 94 valence electrons. The smallest absolute Gasteiger partial charge is 0.136 e. The Kier molecular flexibility index (Phi) is 4.14. The fourth-order valence-corrected chi connectivity index (χ4v) is 2.33. The van der Waals surface area contributed by atoms with Crippen molar-refractivity contribution >= 4 is 23.4 Å². The zero-order valence-corrected chi connectivity index (χ0v) is 12.0. The minimum Gasteiger partial charge on any atom is -0.245 e. The van der Waals surface area contributed by atoms with E-state index in [1.54, 1.807) is 6.20 Å². The van der Waals surface area contributed by atoms with E-state index in [4.69, 9.17) is 11.6 Å². The van der Waals surface area contributed by atoms with Crippen LogP contribution in [0, 0.1) is 6.92 Å². The van der Waals surface area contributed by atoms with E-state index in [9.17, 15) is 0 Å². The standard InChI is InChI=1S/C12H13ClN4S/c1-7(2)11-16-10(13)8(3)12(17-11)18-9-4-5-14-6-15-9/h4-7H,1-3H3. The van der Waals surface area contributed by atoms with Crippen LogP contribution in [0.2, 0.25) is 5.15 Å². The first-order valence-corrected chi connectivity index (χ1v) is 6.75. The first-order valence-electron chi connectivity index (χ1n) is 5.56. The Balaban J connectivity index is 2.38. The highest BCUT2D eigenvalue weighted by molar-refractivity contribution is 7.99. The molecule has 0 saturated carbocycles. The number of rotatable bonds is 3. The van der Waals surface area contributed by atoms with Gasteiger partial charge in [0.05, 0.1) is 0 Å². The summed E-state index contributed by atoms with van der Waals surface area (Å²) in [4.78, 5) is 16.9. The molecule has 0 fully saturated rings. The van der Waals surface area contributed by atoms with Gasteiger partial charge in [-0.3, -0.25) is 0 Å². The Morgan fingerprint density at radius 2 is 2.06 bits per heavy atom. The Morgan fingerprint density at radius 1 is 1.28 bits per heavy atom. The van der Waals surface area contributed by atoms with Crippen molar-refractivity contribution in [3.63, 3.8) is 0 Å². The van der Waals surface area contributed by atoms with E-state index in [0.717, 1.165) is 21.4 Å². The van der Waals surface area contributed by atoms with Crippen molar-refractivity contribution < 1.29 is 0 Å². The van der Waals surface area contributed by atoms with Gasteiger partial charge in [-0.15, -0.1) is 0 Å². The van der Waals surface area contributed by atoms with Crippen LogP contribution in [0.1, 0.15) is 31.2 Å². The van der Waals surface area contributed by atoms with Crippen LogP contribution in [0.25, 0.3) is 0 Å². The highest BCUT2D eigenvalue weighted by Crippen LogP contribution is 2.30. The Bertz CT molecular complexity index is 545. The van der Waals surface area contributed by atoms with Gasteiger partial charge in [-0.05, 0) is 24.8 Å². The number of hydrogen-bond acceptors (Lipinski definition) is 5. The third-order valence-corrected chi connectivity index (χ3v) is 3.74. The molecular weight excluding hydrogens is 268 g/mol. The summed E-state index contributed by atoms with van der Waals surface area (Å²) in [6.45, 7) is 6.00. The maximum absolute atomic E-state index is 6.13. The molecule has 0 amide bonds. The molecule has 2 aromatic heterocycles. The lowest BCUT2D eigenvalue weighted by molar-refractivity contribution is 0.747. The summed E-state index contributed by atoms with van der Waals surface area (Å²) in [5.74, 6) is 0.995. The van der Waals surface area contributed by atoms with Gasteiger partial charge in [-0.1, -0.05) is 25.4 Å². The van der Waals surface area contributed by atoms with E-state index in [1.165, 1.54) is 18.1 Å². The average molecular weight is 281 g/mol. The molecule has 0 unspecified atom stereocenters. The van der Waals surface area contributed by atoms with Crippen molar-refractivity contribution in [2.24, 2.45) is 0 Å². The van der Waals surface area contributed by atoms with Crippen molar-refractivity contribution in [1.82, 2.24) is 19.9 Å². The van der Waals surface area contributed by atoms with Gasteiger partial charge in [0, 0.05) is 17.7 Å². The number of aromatic nitrogens is 4. The van der Waals surface area contributed by atoms with Gasteiger partial charge in [-0.2, -0.15) is 0 Å². The maximum Gasteiger partial charge on any atom is 0.136 e. The first kappa shape index (κ1) is 13.2. The lowest BCUT2D eigenvalue weighted by atomic mass is 10.2. The molecule has 6 heteroatoms. The van der Waals surface area contributed by atoms with Crippen LogP contribution in [0.5, 0.6) is 0 Å². The third kappa shape index (κ3) is 2.97. The minimum atomic E-state index is 0.243. The van der Waals surface area contributed by atoms with E-state index >= 15 is 0 Å². The van der Waals surface area contributed by atoms with Gasteiger partial charge in [0.1, 0.15) is 27.4 Å². The molecule has 0 bridgehead atoms. The van der Waals surface area contributed by atoms with Crippen LogP contribution < -0.4 is 0 Å². The fraction of sp³-hybridized carbons (Fsp3) is 0.333. The average Bonchev–Trinajstić information content (AvgIpc) is 2.35. The topological polar surface area (TPSA) is 51.6 Å². The highest BCUT2D eigenvalue weighted by Gasteiger charge is 2.13.